The number of benzene rings is 1. The second-order valence-corrected chi connectivity index (χ2v) is 5.11. The molecule has 0 unspecified atom stereocenters. The fourth-order valence-corrected chi connectivity index (χ4v) is 2.64. The lowest BCUT2D eigenvalue weighted by molar-refractivity contribution is 0.414. The van der Waals surface area contributed by atoms with Crippen molar-refractivity contribution in [1.29, 1.82) is 0 Å². The number of methoxy groups -OCH3 is 1. The molecule has 3 nitrogen and oxygen atoms in total. The highest BCUT2D eigenvalue weighted by Gasteiger charge is 2.15. The molecular formula is C17H16F2N2O. The van der Waals surface area contributed by atoms with Crippen molar-refractivity contribution in [1.82, 2.24) is 4.98 Å². The van der Waals surface area contributed by atoms with Crippen LogP contribution in [0, 0.1) is 11.6 Å². The number of pyridine rings is 1. The Hall–Kier alpha value is -2.43. The largest absolute Gasteiger partial charge is 0.497 e. The lowest BCUT2D eigenvalue weighted by atomic mass is 10.0. The van der Waals surface area contributed by atoms with E-state index in [-0.39, 0.29) is 5.69 Å². The van der Waals surface area contributed by atoms with E-state index in [1.54, 1.807) is 7.11 Å². The van der Waals surface area contributed by atoms with Crippen LogP contribution in [0.15, 0.2) is 36.7 Å². The molecule has 22 heavy (non-hydrogen) atoms. The molecule has 1 aromatic carbocycles. The maximum Gasteiger partial charge on any atom is 0.167 e. The van der Waals surface area contributed by atoms with Gasteiger partial charge in [0.05, 0.1) is 19.5 Å². The van der Waals surface area contributed by atoms with Crippen molar-refractivity contribution >= 4 is 11.3 Å². The number of nitrogens with zero attached hydrogens (tertiary/aromatic N) is 1. The molecular weight excluding hydrogens is 286 g/mol. The molecule has 1 heterocycles. The van der Waals surface area contributed by atoms with Crippen LogP contribution in [0.1, 0.15) is 17.5 Å². The molecule has 114 valence electrons. The van der Waals surface area contributed by atoms with E-state index in [4.69, 9.17) is 4.74 Å². The molecule has 0 fully saturated rings. The second-order valence-electron chi connectivity index (χ2n) is 5.11. The Labute approximate surface area is 127 Å². The lowest BCUT2D eigenvalue weighted by Gasteiger charge is -2.11. The normalized spacial score (nSPS) is 12.8. The van der Waals surface area contributed by atoms with Crippen LogP contribution in [0.25, 0.3) is 5.57 Å². The summed E-state index contributed by atoms with van der Waals surface area (Å²) in [5, 5.41) is 2.81. The van der Waals surface area contributed by atoms with Gasteiger partial charge in [-0.1, -0.05) is 12.1 Å². The summed E-state index contributed by atoms with van der Waals surface area (Å²) in [6.07, 6.45) is 5.71. The van der Waals surface area contributed by atoms with Crippen LogP contribution in [-0.4, -0.2) is 18.6 Å². The number of nitrogens with one attached hydrogen (secondary N) is 1. The highest BCUT2D eigenvalue weighted by molar-refractivity contribution is 5.74. The smallest absolute Gasteiger partial charge is 0.167 e. The number of aromatic nitrogens is 1. The third-order valence-electron chi connectivity index (χ3n) is 3.78. The van der Waals surface area contributed by atoms with E-state index < -0.39 is 11.6 Å². The molecule has 0 spiro atoms. The van der Waals surface area contributed by atoms with Gasteiger partial charge in [-0.2, -0.15) is 0 Å². The number of rotatable bonds is 5. The molecule has 1 aliphatic rings. The molecule has 5 heteroatoms. The molecule has 1 aromatic heterocycles. The molecule has 0 atom stereocenters. The van der Waals surface area contributed by atoms with Crippen LogP contribution in [0.4, 0.5) is 14.5 Å². The number of ether oxygens (including phenoxy) is 1. The van der Waals surface area contributed by atoms with Crippen molar-refractivity contribution in [3.8, 4) is 5.75 Å². The van der Waals surface area contributed by atoms with Gasteiger partial charge in [-0.25, -0.2) is 8.78 Å². The molecule has 0 amide bonds. The summed E-state index contributed by atoms with van der Waals surface area (Å²) in [7, 11) is 1.64. The van der Waals surface area contributed by atoms with Gasteiger partial charge < -0.3 is 10.1 Å². The van der Waals surface area contributed by atoms with Gasteiger partial charge in [0.15, 0.2) is 11.6 Å². The van der Waals surface area contributed by atoms with Crippen LogP contribution in [0.2, 0.25) is 0 Å². The fraction of sp³-hybridized carbons (Fsp3) is 0.235. The molecule has 0 saturated carbocycles. The average Bonchev–Trinajstić information content (AvgIpc) is 2.92. The Morgan fingerprint density at radius 2 is 2.00 bits per heavy atom. The first kappa shape index (κ1) is 14.5. The van der Waals surface area contributed by atoms with Gasteiger partial charge in [0, 0.05) is 6.54 Å². The van der Waals surface area contributed by atoms with Crippen LogP contribution in [0.3, 0.4) is 0 Å². The summed E-state index contributed by atoms with van der Waals surface area (Å²) >= 11 is 0. The Morgan fingerprint density at radius 3 is 2.73 bits per heavy atom. The average molecular weight is 302 g/mol. The highest BCUT2D eigenvalue weighted by atomic mass is 19.1. The van der Waals surface area contributed by atoms with Gasteiger partial charge in [0.1, 0.15) is 11.4 Å². The van der Waals surface area contributed by atoms with E-state index >= 15 is 0 Å². The van der Waals surface area contributed by atoms with Crippen molar-refractivity contribution in [2.75, 3.05) is 19.0 Å². The van der Waals surface area contributed by atoms with E-state index in [1.807, 2.05) is 18.2 Å². The topological polar surface area (TPSA) is 34.1 Å². The summed E-state index contributed by atoms with van der Waals surface area (Å²) in [5.41, 5.74) is 3.43. The van der Waals surface area contributed by atoms with Gasteiger partial charge in [0.25, 0.3) is 0 Å². The highest BCUT2D eigenvalue weighted by Crippen LogP contribution is 2.32. The van der Waals surface area contributed by atoms with E-state index in [0.717, 1.165) is 35.7 Å². The number of hydrogen-bond donors (Lipinski definition) is 1. The maximum atomic E-state index is 13.5. The minimum atomic E-state index is -0.678. The molecule has 3 rings (SSSR count). The van der Waals surface area contributed by atoms with Gasteiger partial charge in [-0.15, -0.1) is 0 Å². The molecule has 0 saturated heterocycles. The maximum absolute atomic E-state index is 13.5. The van der Waals surface area contributed by atoms with E-state index in [9.17, 15) is 8.78 Å². The third-order valence-corrected chi connectivity index (χ3v) is 3.78. The third kappa shape index (κ3) is 2.79. The fourth-order valence-electron chi connectivity index (χ4n) is 2.64. The molecule has 0 aliphatic heterocycles. The van der Waals surface area contributed by atoms with E-state index in [2.05, 4.69) is 16.4 Å². The zero-order chi connectivity index (χ0) is 15.5. The zero-order valence-corrected chi connectivity index (χ0v) is 12.2. The van der Waals surface area contributed by atoms with Crippen LogP contribution in [0.5, 0.6) is 5.75 Å². The monoisotopic (exact) mass is 302 g/mol. The van der Waals surface area contributed by atoms with E-state index in [0.29, 0.717) is 13.0 Å². The molecule has 1 aliphatic carbocycles. The van der Waals surface area contributed by atoms with Gasteiger partial charge in [-0.3, -0.25) is 4.98 Å². The van der Waals surface area contributed by atoms with E-state index in [1.165, 1.54) is 5.56 Å². The number of fused-ring (bicyclic) bond motifs is 1. The minimum Gasteiger partial charge on any atom is -0.497 e. The molecule has 0 bridgehead atoms. The number of halogens is 2. The number of anilines is 1. The molecule has 2 aromatic rings. The predicted octanol–water partition coefficient (Wildman–Crippen LogP) is 3.81. The first-order chi connectivity index (χ1) is 10.7. The van der Waals surface area contributed by atoms with Crippen LogP contribution in [-0.2, 0) is 6.42 Å². The van der Waals surface area contributed by atoms with Crippen LogP contribution >= 0.6 is 0 Å². The number of allylic oxidation sites excluding steroid dienone is 1. The quantitative estimate of drug-likeness (QED) is 0.912. The van der Waals surface area contributed by atoms with Crippen molar-refractivity contribution in [3.05, 3.63) is 59.4 Å². The molecule has 0 radical (unpaired) electrons. The summed E-state index contributed by atoms with van der Waals surface area (Å²) in [5.74, 6) is -0.546. The Balaban J connectivity index is 1.67. The summed E-state index contributed by atoms with van der Waals surface area (Å²) in [4.78, 5) is 3.46. The SMILES string of the molecule is COc1ccc2c(c1)C(CCNc1c(F)cncc1F)=CC2. The Morgan fingerprint density at radius 1 is 1.23 bits per heavy atom. The Kier molecular flexibility index (Phi) is 4.04. The van der Waals surface area contributed by atoms with Crippen LogP contribution < -0.4 is 10.1 Å². The molecule has 1 N–H and O–H groups in total. The Bertz CT molecular complexity index is 708. The van der Waals surface area contributed by atoms with Gasteiger partial charge >= 0.3 is 0 Å². The van der Waals surface area contributed by atoms with Crippen molar-refractivity contribution in [3.63, 3.8) is 0 Å². The van der Waals surface area contributed by atoms with Crippen molar-refractivity contribution in [2.24, 2.45) is 0 Å². The van der Waals surface area contributed by atoms with Gasteiger partial charge in [0.2, 0.25) is 0 Å². The standard InChI is InChI=1S/C17H16F2N2O/c1-22-13-5-4-11-2-3-12(14(11)8-13)6-7-21-17-15(18)9-20-10-16(17)19/h3-5,8-10H,2,6-7H2,1H3,(H,20,21). The van der Waals surface area contributed by atoms with Crippen molar-refractivity contribution < 1.29 is 13.5 Å². The first-order valence-corrected chi connectivity index (χ1v) is 7.08. The summed E-state index contributed by atoms with van der Waals surface area (Å²) in [6, 6.07) is 5.99. The van der Waals surface area contributed by atoms with Crippen molar-refractivity contribution in [2.45, 2.75) is 12.8 Å². The zero-order valence-electron chi connectivity index (χ0n) is 12.2. The summed E-state index contributed by atoms with van der Waals surface area (Å²) < 4.78 is 32.2. The summed E-state index contributed by atoms with van der Waals surface area (Å²) in [6.45, 7) is 0.445. The second kappa shape index (κ2) is 6.13. The lowest BCUT2D eigenvalue weighted by Crippen LogP contribution is -2.06. The minimum absolute atomic E-state index is 0.125. The van der Waals surface area contributed by atoms with Gasteiger partial charge in [-0.05, 0) is 41.7 Å². The predicted molar refractivity (Wildman–Crippen MR) is 81.9 cm³/mol. The number of hydrogen-bond acceptors (Lipinski definition) is 3. The first-order valence-electron chi connectivity index (χ1n) is 7.08.